The molecule has 0 aromatic heterocycles. The van der Waals surface area contributed by atoms with Crippen molar-refractivity contribution in [2.45, 2.75) is 12.2 Å². The van der Waals surface area contributed by atoms with Gasteiger partial charge in [-0.25, -0.2) is 0 Å². The molecule has 1 amide bonds. The van der Waals surface area contributed by atoms with Crippen molar-refractivity contribution in [3.63, 3.8) is 0 Å². The minimum absolute atomic E-state index is 0.00915. The van der Waals surface area contributed by atoms with Crippen LogP contribution < -0.4 is 0 Å². The lowest BCUT2D eigenvalue weighted by Crippen LogP contribution is -2.15. The van der Waals surface area contributed by atoms with Crippen LogP contribution >= 0.6 is 0 Å². The van der Waals surface area contributed by atoms with Crippen LogP contribution in [0.2, 0.25) is 0 Å². The van der Waals surface area contributed by atoms with Gasteiger partial charge in [-0.15, -0.1) is 0 Å². The molecule has 1 aliphatic heterocycles. The summed E-state index contributed by atoms with van der Waals surface area (Å²) in [5.41, 5.74) is 10.2. The molecule has 5 nitrogen and oxygen atoms in total. The number of carbonyl (C=O) groups excluding carboxylic acids is 1. The SMILES string of the molecule is [N-]=[N+]=NC(=O)C1C2=C3C=CC=CC3OC21. The second kappa shape index (κ2) is 2.82. The van der Waals surface area contributed by atoms with Crippen molar-refractivity contribution in [2.24, 2.45) is 11.0 Å². The zero-order valence-electron chi connectivity index (χ0n) is 7.70. The van der Waals surface area contributed by atoms with Crippen molar-refractivity contribution < 1.29 is 9.53 Å². The highest BCUT2D eigenvalue weighted by Crippen LogP contribution is 2.52. The molecule has 0 spiro atoms. The maximum absolute atomic E-state index is 11.3. The van der Waals surface area contributed by atoms with Crippen molar-refractivity contribution in [3.05, 3.63) is 45.9 Å². The molecule has 0 bridgehead atoms. The Morgan fingerprint density at radius 2 is 2.40 bits per heavy atom. The maximum Gasteiger partial charge on any atom is 0.229 e. The first-order valence-electron chi connectivity index (χ1n) is 4.66. The quantitative estimate of drug-likeness (QED) is 0.367. The van der Waals surface area contributed by atoms with Crippen molar-refractivity contribution in [3.8, 4) is 0 Å². The Hall–Kier alpha value is -1.84. The normalized spacial score (nSPS) is 34.5. The molecule has 1 saturated carbocycles. The summed E-state index contributed by atoms with van der Waals surface area (Å²) in [4.78, 5) is 13.8. The number of hydrogen-bond acceptors (Lipinski definition) is 2. The van der Waals surface area contributed by atoms with Crippen LogP contribution in [-0.2, 0) is 9.53 Å². The van der Waals surface area contributed by atoms with Gasteiger partial charge in [0, 0.05) is 4.91 Å². The van der Waals surface area contributed by atoms with Crippen molar-refractivity contribution in [1.82, 2.24) is 0 Å². The third-order valence-corrected chi connectivity index (χ3v) is 2.85. The number of fused-ring (bicyclic) bond motifs is 2. The summed E-state index contributed by atoms with van der Waals surface area (Å²) in [7, 11) is 0. The molecule has 1 fully saturated rings. The van der Waals surface area contributed by atoms with Crippen LogP contribution in [0.4, 0.5) is 0 Å². The summed E-state index contributed by atoms with van der Waals surface area (Å²) in [6.45, 7) is 0. The molecule has 0 saturated heterocycles. The van der Waals surface area contributed by atoms with Crippen LogP contribution in [0, 0.1) is 5.92 Å². The second-order valence-corrected chi connectivity index (χ2v) is 3.64. The number of ether oxygens (including phenoxy) is 1. The Labute approximate surface area is 85.3 Å². The Kier molecular flexibility index (Phi) is 1.59. The fraction of sp³-hybridized carbons (Fsp3) is 0.300. The lowest BCUT2D eigenvalue weighted by atomic mass is 10.0. The van der Waals surface area contributed by atoms with Gasteiger partial charge in [0.2, 0.25) is 5.91 Å². The van der Waals surface area contributed by atoms with Gasteiger partial charge in [0.25, 0.3) is 0 Å². The summed E-state index contributed by atoms with van der Waals surface area (Å²) in [6.07, 6.45) is 7.56. The topological polar surface area (TPSA) is 75.1 Å². The summed E-state index contributed by atoms with van der Waals surface area (Å²) in [5.74, 6) is -0.769. The Morgan fingerprint density at radius 1 is 1.53 bits per heavy atom. The van der Waals surface area contributed by atoms with E-state index in [1.54, 1.807) is 0 Å². The number of carbonyl (C=O) groups is 1. The Balaban J connectivity index is 1.92. The Morgan fingerprint density at radius 3 is 3.20 bits per heavy atom. The van der Waals surface area contributed by atoms with Gasteiger partial charge in [0.05, 0.1) is 12.0 Å². The van der Waals surface area contributed by atoms with Crippen LogP contribution in [0.15, 0.2) is 40.6 Å². The van der Waals surface area contributed by atoms with Crippen molar-refractivity contribution in [2.75, 3.05) is 0 Å². The molecule has 3 rings (SSSR count). The van der Waals surface area contributed by atoms with E-state index in [2.05, 4.69) is 10.0 Å². The molecule has 3 unspecified atom stereocenters. The summed E-state index contributed by atoms with van der Waals surface area (Å²) < 4.78 is 5.60. The van der Waals surface area contributed by atoms with Gasteiger partial charge in [-0.05, 0) is 21.8 Å². The maximum atomic E-state index is 11.3. The molecule has 3 atom stereocenters. The molecule has 3 aliphatic rings. The molecule has 5 heteroatoms. The van der Waals surface area contributed by atoms with E-state index in [0.717, 1.165) is 11.1 Å². The van der Waals surface area contributed by atoms with E-state index in [4.69, 9.17) is 10.3 Å². The first-order chi connectivity index (χ1) is 7.33. The average Bonchev–Trinajstić information content (AvgIpc) is 2.83. The monoisotopic (exact) mass is 201 g/mol. The highest BCUT2D eigenvalue weighted by molar-refractivity contribution is 5.90. The third kappa shape index (κ3) is 1.08. The minimum atomic E-state index is -0.439. The van der Waals surface area contributed by atoms with Crippen molar-refractivity contribution in [1.29, 1.82) is 0 Å². The smallest absolute Gasteiger partial charge is 0.229 e. The zero-order chi connectivity index (χ0) is 10.4. The number of rotatable bonds is 1. The zero-order valence-corrected chi connectivity index (χ0v) is 7.70. The summed E-state index contributed by atoms with van der Waals surface area (Å²) in [6, 6.07) is 0. The van der Waals surface area contributed by atoms with Gasteiger partial charge >= 0.3 is 0 Å². The molecule has 0 N–H and O–H groups in total. The number of azide groups is 1. The second-order valence-electron chi connectivity index (χ2n) is 3.64. The first-order valence-corrected chi connectivity index (χ1v) is 4.66. The fourth-order valence-corrected chi connectivity index (χ4v) is 2.16. The fourth-order valence-electron chi connectivity index (χ4n) is 2.16. The van der Waals surface area contributed by atoms with E-state index >= 15 is 0 Å². The number of amides is 1. The van der Waals surface area contributed by atoms with E-state index in [9.17, 15) is 4.79 Å². The van der Waals surface area contributed by atoms with Crippen LogP contribution in [0.5, 0.6) is 0 Å². The third-order valence-electron chi connectivity index (χ3n) is 2.85. The van der Waals surface area contributed by atoms with Gasteiger partial charge in [0.1, 0.15) is 6.10 Å². The predicted molar refractivity (Wildman–Crippen MR) is 51.6 cm³/mol. The number of allylic oxidation sites excluding steroid dienone is 2. The largest absolute Gasteiger partial charge is 0.361 e. The number of nitrogens with zero attached hydrogens (tertiary/aromatic N) is 3. The van der Waals surface area contributed by atoms with Crippen LogP contribution in [0.25, 0.3) is 10.4 Å². The van der Waals surface area contributed by atoms with Gasteiger partial charge in [-0.1, -0.05) is 24.3 Å². The molecule has 2 aliphatic carbocycles. The summed E-state index contributed by atoms with van der Waals surface area (Å²) >= 11 is 0. The summed E-state index contributed by atoms with van der Waals surface area (Å²) in [5, 5.41) is 3.09. The lowest BCUT2D eigenvalue weighted by molar-refractivity contribution is -0.120. The van der Waals surface area contributed by atoms with E-state index in [1.807, 2.05) is 24.3 Å². The van der Waals surface area contributed by atoms with Crippen molar-refractivity contribution >= 4 is 5.91 Å². The van der Waals surface area contributed by atoms with E-state index in [1.165, 1.54) is 0 Å². The molecule has 0 aromatic rings. The molecule has 15 heavy (non-hydrogen) atoms. The number of hydrogen-bond donors (Lipinski definition) is 0. The van der Waals surface area contributed by atoms with Crippen LogP contribution in [0.1, 0.15) is 0 Å². The molecule has 0 aromatic carbocycles. The van der Waals surface area contributed by atoms with Crippen LogP contribution in [0.3, 0.4) is 0 Å². The lowest BCUT2D eigenvalue weighted by Gasteiger charge is -2.13. The highest BCUT2D eigenvalue weighted by atomic mass is 16.5. The van der Waals surface area contributed by atoms with Gasteiger partial charge < -0.3 is 4.74 Å². The first kappa shape index (κ1) is 8.47. The average molecular weight is 201 g/mol. The van der Waals surface area contributed by atoms with E-state index < -0.39 is 5.91 Å². The van der Waals surface area contributed by atoms with Gasteiger partial charge in [-0.3, -0.25) is 4.79 Å². The highest BCUT2D eigenvalue weighted by Gasteiger charge is 2.57. The molecular weight excluding hydrogens is 194 g/mol. The van der Waals surface area contributed by atoms with E-state index in [-0.39, 0.29) is 18.1 Å². The minimum Gasteiger partial charge on any atom is -0.361 e. The molecule has 0 radical (unpaired) electrons. The standard InChI is InChI=1S/C10H7N3O2/c11-13-12-10(14)8-7-5-3-1-2-4-6(5)15-9(7)8/h1-4,6,8-9H. The van der Waals surface area contributed by atoms with Gasteiger partial charge in [-0.2, -0.15) is 0 Å². The molecule has 74 valence electrons. The van der Waals surface area contributed by atoms with Crippen LogP contribution in [-0.4, -0.2) is 18.1 Å². The van der Waals surface area contributed by atoms with E-state index in [0.29, 0.717) is 0 Å². The molecule has 1 heterocycles. The van der Waals surface area contributed by atoms with Gasteiger partial charge in [0.15, 0.2) is 0 Å². The molecular formula is C10H7N3O2. The Bertz CT molecular complexity index is 483. The predicted octanol–water partition coefficient (Wildman–Crippen LogP) is 1.64.